The molecule has 0 aliphatic carbocycles. The molecule has 0 aromatic heterocycles. The van der Waals surface area contributed by atoms with Gasteiger partial charge in [-0.05, 0) is 29.8 Å². The number of nitrogens with one attached hydrogen (secondary N) is 2. The first-order valence-electron chi connectivity index (χ1n) is 9.87. The number of hydrogen-bond donors (Lipinski definition) is 2. The summed E-state index contributed by atoms with van der Waals surface area (Å²) in [5.74, 6) is -0.460. The van der Waals surface area contributed by atoms with Crippen molar-refractivity contribution in [3.05, 3.63) is 60.2 Å². The van der Waals surface area contributed by atoms with Gasteiger partial charge < -0.3 is 20.3 Å². The lowest BCUT2D eigenvalue weighted by Crippen LogP contribution is -2.49. The van der Waals surface area contributed by atoms with E-state index in [1.165, 1.54) is 5.69 Å². The Morgan fingerprint density at radius 3 is 2.21 bits per heavy atom. The number of nitrogens with zero attached hydrogens (tertiary/aromatic N) is 2. The Labute approximate surface area is 171 Å². The summed E-state index contributed by atoms with van der Waals surface area (Å²) in [4.78, 5) is 28.6. The molecule has 0 atom stereocenters. The Kier molecular flexibility index (Phi) is 7.47. The molecule has 154 valence electrons. The maximum atomic E-state index is 12.0. The van der Waals surface area contributed by atoms with Gasteiger partial charge in [0.05, 0.1) is 7.11 Å². The molecule has 1 saturated heterocycles. The Balaban J connectivity index is 1.31. The highest BCUT2D eigenvalue weighted by Crippen LogP contribution is 2.15. The monoisotopic (exact) mass is 396 g/mol. The third-order valence-electron chi connectivity index (χ3n) is 5.03. The fraction of sp³-hybridized carbons (Fsp3) is 0.364. The van der Waals surface area contributed by atoms with Crippen LogP contribution in [0.15, 0.2) is 54.6 Å². The Bertz CT molecular complexity index is 787. The van der Waals surface area contributed by atoms with Crippen LogP contribution in [-0.2, 0) is 16.1 Å². The zero-order chi connectivity index (χ0) is 20.5. The van der Waals surface area contributed by atoms with Gasteiger partial charge in [-0.25, -0.2) is 0 Å². The average molecular weight is 396 g/mol. The molecule has 2 aromatic rings. The summed E-state index contributed by atoms with van der Waals surface area (Å²) >= 11 is 0. The van der Waals surface area contributed by atoms with Gasteiger partial charge in [-0.2, -0.15) is 0 Å². The van der Waals surface area contributed by atoms with Crippen molar-refractivity contribution in [1.29, 1.82) is 0 Å². The highest BCUT2D eigenvalue weighted by atomic mass is 16.5. The van der Waals surface area contributed by atoms with Crippen molar-refractivity contribution in [2.45, 2.75) is 6.54 Å². The molecule has 0 saturated carbocycles. The van der Waals surface area contributed by atoms with E-state index in [4.69, 9.17) is 4.74 Å². The molecule has 0 unspecified atom stereocenters. The molecule has 2 N–H and O–H groups in total. The minimum absolute atomic E-state index is 0.303. The standard InChI is InChI=1S/C22H28N4O3/c1-29-20-9-7-18(8-10-20)17-24-22(28)21(27)23-11-12-25-13-15-26(16-14-25)19-5-3-2-4-6-19/h2-10H,11-17H2,1H3,(H,23,27)(H,24,28). The molecular weight excluding hydrogens is 368 g/mol. The lowest BCUT2D eigenvalue weighted by Gasteiger charge is -2.36. The third kappa shape index (κ3) is 6.22. The number of ether oxygens (including phenoxy) is 1. The molecular formula is C22H28N4O3. The van der Waals surface area contributed by atoms with Crippen molar-refractivity contribution in [3.8, 4) is 5.75 Å². The van der Waals surface area contributed by atoms with Gasteiger partial charge in [0.2, 0.25) is 0 Å². The van der Waals surface area contributed by atoms with Crippen molar-refractivity contribution in [2.75, 3.05) is 51.3 Å². The predicted molar refractivity (Wildman–Crippen MR) is 113 cm³/mol. The van der Waals surface area contributed by atoms with Crippen LogP contribution in [0.5, 0.6) is 5.75 Å². The largest absolute Gasteiger partial charge is 0.497 e. The Morgan fingerprint density at radius 1 is 0.897 bits per heavy atom. The number of anilines is 1. The lowest BCUT2D eigenvalue weighted by atomic mass is 10.2. The summed E-state index contributed by atoms with van der Waals surface area (Å²) in [7, 11) is 1.60. The number of carbonyl (C=O) groups is 2. The lowest BCUT2D eigenvalue weighted by molar-refractivity contribution is -0.139. The number of para-hydroxylation sites is 1. The molecule has 2 amide bonds. The first kappa shape index (κ1) is 20.7. The van der Waals surface area contributed by atoms with E-state index in [1.807, 2.05) is 30.3 Å². The van der Waals surface area contributed by atoms with E-state index in [2.05, 4.69) is 44.7 Å². The molecule has 0 spiro atoms. The molecule has 7 nitrogen and oxygen atoms in total. The number of piperazine rings is 1. The number of carbonyl (C=O) groups excluding carboxylic acids is 2. The number of rotatable bonds is 7. The molecule has 7 heteroatoms. The molecule has 3 rings (SSSR count). The smallest absolute Gasteiger partial charge is 0.309 e. The quantitative estimate of drug-likeness (QED) is 0.689. The van der Waals surface area contributed by atoms with Crippen molar-refractivity contribution >= 4 is 17.5 Å². The van der Waals surface area contributed by atoms with Gasteiger partial charge in [-0.3, -0.25) is 14.5 Å². The number of methoxy groups -OCH3 is 1. The second kappa shape index (κ2) is 10.5. The molecule has 0 radical (unpaired) electrons. The van der Waals surface area contributed by atoms with Crippen molar-refractivity contribution in [1.82, 2.24) is 15.5 Å². The summed E-state index contributed by atoms with van der Waals surface area (Å²) < 4.78 is 5.10. The van der Waals surface area contributed by atoms with E-state index >= 15 is 0 Å². The second-order valence-electron chi connectivity index (χ2n) is 6.95. The van der Waals surface area contributed by atoms with E-state index in [9.17, 15) is 9.59 Å². The maximum absolute atomic E-state index is 12.0. The summed E-state index contributed by atoms with van der Waals surface area (Å²) in [6.45, 7) is 5.29. The molecule has 29 heavy (non-hydrogen) atoms. The molecule has 1 aliphatic heterocycles. The van der Waals surface area contributed by atoms with Crippen LogP contribution in [0, 0.1) is 0 Å². The second-order valence-corrected chi connectivity index (χ2v) is 6.95. The van der Waals surface area contributed by atoms with Crippen LogP contribution in [0.1, 0.15) is 5.56 Å². The van der Waals surface area contributed by atoms with Gasteiger partial charge in [-0.1, -0.05) is 30.3 Å². The predicted octanol–water partition coefficient (Wildman–Crippen LogP) is 1.25. The fourth-order valence-corrected chi connectivity index (χ4v) is 3.28. The highest BCUT2D eigenvalue weighted by molar-refractivity contribution is 6.35. The Morgan fingerprint density at radius 2 is 1.55 bits per heavy atom. The SMILES string of the molecule is COc1ccc(CNC(=O)C(=O)NCCN2CCN(c3ccccc3)CC2)cc1. The van der Waals surface area contributed by atoms with Gasteiger partial charge in [-0.15, -0.1) is 0 Å². The topological polar surface area (TPSA) is 73.9 Å². The minimum atomic E-state index is -0.616. The summed E-state index contributed by atoms with van der Waals surface area (Å²) in [5, 5.41) is 5.34. The number of hydrogen-bond acceptors (Lipinski definition) is 5. The van der Waals surface area contributed by atoms with E-state index < -0.39 is 11.8 Å². The van der Waals surface area contributed by atoms with Crippen LogP contribution in [0.25, 0.3) is 0 Å². The van der Waals surface area contributed by atoms with Crippen molar-refractivity contribution in [2.24, 2.45) is 0 Å². The highest BCUT2D eigenvalue weighted by Gasteiger charge is 2.18. The van der Waals surface area contributed by atoms with E-state index in [0.717, 1.165) is 44.0 Å². The van der Waals surface area contributed by atoms with Crippen LogP contribution in [0.4, 0.5) is 5.69 Å². The summed E-state index contributed by atoms with van der Waals surface area (Å²) in [5.41, 5.74) is 2.15. The van der Waals surface area contributed by atoms with Crippen LogP contribution < -0.4 is 20.3 Å². The number of benzene rings is 2. The molecule has 1 fully saturated rings. The van der Waals surface area contributed by atoms with E-state index in [0.29, 0.717) is 13.1 Å². The van der Waals surface area contributed by atoms with E-state index in [-0.39, 0.29) is 0 Å². The first-order chi connectivity index (χ1) is 14.2. The molecule has 1 aliphatic rings. The first-order valence-corrected chi connectivity index (χ1v) is 9.87. The molecule has 1 heterocycles. The summed E-state index contributed by atoms with van der Waals surface area (Å²) in [6, 6.07) is 17.7. The minimum Gasteiger partial charge on any atom is -0.497 e. The van der Waals surface area contributed by atoms with Crippen molar-refractivity contribution in [3.63, 3.8) is 0 Å². The molecule has 2 aromatic carbocycles. The van der Waals surface area contributed by atoms with Gasteiger partial charge in [0.15, 0.2) is 0 Å². The third-order valence-corrected chi connectivity index (χ3v) is 5.03. The van der Waals surface area contributed by atoms with E-state index in [1.54, 1.807) is 7.11 Å². The maximum Gasteiger partial charge on any atom is 0.309 e. The van der Waals surface area contributed by atoms with Gasteiger partial charge in [0, 0.05) is 51.5 Å². The van der Waals surface area contributed by atoms with Crippen LogP contribution in [-0.4, -0.2) is 63.1 Å². The Hall–Kier alpha value is -3.06. The van der Waals surface area contributed by atoms with Crippen molar-refractivity contribution < 1.29 is 14.3 Å². The zero-order valence-corrected chi connectivity index (χ0v) is 16.8. The van der Waals surface area contributed by atoms with Gasteiger partial charge in [0.1, 0.15) is 5.75 Å². The molecule has 0 bridgehead atoms. The normalized spacial score (nSPS) is 14.3. The summed E-state index contributed by atoms with van der Waals surface area (Å²) in [6.07, 6.45) is 0. The van der Waals surface area contributed by atoms with Gasteiger partial charge >= 0.3 is 11.8 Å². The average Bonchev–Trinajstić information content (AvgIpc) is 2.78. The fourth-order valence-electron chi connectivity index (χ4n) is 3.28. The zero-order valence-electron chi connectivity index (χ0n) is 16.8. The van der Waals surface area contributed by atoms with Crippen LogP contribution in [0.2, 0.25) is 0 Å². The van der Waals surface area contributed by atoms with Crippen LogP contribution >= 0.6 is 0 Å². The number of amides is 2. The van der Waals surface area contributed by atoms with Gasteiger partial charge in [0.25, 0.3) is 0 Å². The van der Waals surface area contributed by atoms with Crippen LogP contribution in [0.3, 0.4) is 0 Å².